The number of halogens is 1. The minimum absolute atomic E-state index is 0.149. The second-order valence-electron chi connectivity index (χ2n) is 5.01. The summed E-state index contributed by atoms with van der Waals surface area (Å²) in [6.45, 7) is 0.149. The summed E-state index contributed by atoms with van der Waals surface area (Å²) in [5.41, 5.74) is 3.72. The van der Waals surface area contributed by atoms with E-state index < -0.39 is 10.0 Å². The summed E-state index contributed by atoms with van der Waals surface area (Å²) >= 11 is 6.15. The van der Waals surface area contributed by atoms with E-state index in [1.165, 1.54) is 12.3 Å². The summed E-state index contributed by atoms with van der Waals surface area (Å²) < 4.78 is 38.1. The van der Waals surface area contributed by atoms with E-state index in [0.29, 0.717) is 27.6 Å². The van der Waals surface area contributed by atoms with Crippen LogP contribution in [0.5, 0.6) is 11.5 Å². The summed E-state index contributed by atoms with van der Waals surface area (Å²) in [6.07, 6.45) is 1.46. The molecule has 0 atom stereocenters. The Morgan fingerprint density at radius 1 is 1.21 bits per heavy atom. The van der Waals surface area contributed by atoms with Gasteiger partial charge >= 0.3 is 0 Å². The number of ether oxygens (including phenoxy) is 2. The van der Waals surface area contributed by atoms with Gasteiger partial charge in [-0.05, 0) is 18.2 Å². The maximum Gasteiger partial charge on any atom is 0.285 e. The van der Waals surface area contributed by atoms with Gasteiger partial charge in [-0.2, -0.15) is 13.5 Å². The van der Waals surface area contributed by atoms with E-state index in [1.54, 1.807) is 30.3 Å². The normalized spacial score (nSPS) is 17.0. The molecule has 0 radical (unpaired) electrons. The topological polar surface area (TPSA) is 89.4 Å². The van der Waals surface area contributed by atoms with Crippen molar-refractivity contribution in [2.75, 3.05) is 6.79 Å². The first-order valence-electron chi connectivity index (χ1n) is 6.87. The lowest BCUT2D eigenvalue weighted by Gasteiger charge is -2.02. The molecule has 1 N–H and O–H groups in total. The van der Waals surface area contributed by atoms with Crippen LogP contribution in [0.4, 0.5) is 0 Å². The van der Waals surface area contributed by atoms with Gasteiger partial charge in [-0.25, -0.2) is 0 Å². The predicted molar refractivity (Wildman–Crippen MR) is 88.5 cm³/mol. The molecule has 0 saturated carbocycles. The minimum atomic E-state index is -3.68. The molecule has 0 fully saturated rings. The van der Waals surface area contributed by atoms with Gasteiger partial charge in [0, 0.05) is 17.2 Å². The van der Waals surface area contributed by atoms with Crippen LogP contribution in [0.3, 0.4) is 0 Å². The van der Waals surface area contributed by atoms with Gasteiger partial charge in [0.25, 0.3) is 10.0 Å². The average molecular weight is 364 g/mol. The minimum Gasteiger partial charge on any atom is -0.454 e. The van der Waals surface area contributed by atoms with E-state index in [0.717, 1.165) is 0 Å². The van der Waals surface area contributed by atoms with Crippen molar-refractivity contribution < 1.29 is 17.9 Å². The molecule has 0 bridgehead atoms. The van der Waals surface area contributed by atoms with Gasteiger partial charge in [-0.15, -0.1) is 4.40 Å². The quantitative estimate of drug-likeness (QED) is 0.652. The van der Waals surface area contributed by atoms with E-state index in [1.807, 2.05) is 0 Å². The van der Waals surface area contributed by atoms with Crippen molar-refractivity contribution in [3.8, 4) is 11.5 Å². The smallest absolute Gasteiger partial charge is 0.285 e. The molecule has 2 aliphatic rings. The van der Waals surface area contributed by atoms with Crippen LogP contribution in [0.1, 0.15) is 11.1 Å². The standard InChI is InChI=1S/C15H10ClN3O4S/c16-11-6-13-12(22-8-23-13)5-9(11)7-17-18-15-10-3-1-2-4-14(10)24(20,21)19-15/h1-7H,8H2,(H,18,19). The lowest BCUT2D eigenvalue weighted by Crippen LogP contribution is -2.17. The van der Waals surface area contributed by atoms with E-state index in [2.05, 4.69) is 14.9 Å². The molecule has 0 saturated heterocycles. The molecule has 24 heavy (non-hydrogen) atoms. The highest BCUT2D eigenvalue weighted by atomic mass is 35.5. The molecule has 2 aliphatic heterocycles. The van der Waals surface area contributed by atoms with Gasteiger partial charge in [0.05, 0.1) is 11.2 Å². The fourth-order valence-electron chi connectivity index (χ4n) is 2.38. The summed E-state index contributed by atoms with van der Waals surface area (Å²) in [5.74, 6) is 1.32. The van der Waals surface area contributed by atoms with Crippen molar-refractivity contribution >= 4 is 33.7 Å². The number of benzene rings is 2. The first-order valence-corrected chi connectivity index (χ1v) is 8.69. The van der Waals surface area contributed by atoms with Crippen LogP contribution in [0.15, 0.2) is 50.8 Å². The molecule has 0 aliphatic carbocycles. The zero-order valence-electron chi connectivity index (χ0n) is 12.1. The number of nitrogens with zero attached hydrogens (tertiary/aromatic N) is 2. The molecule has 122 valence electrons. The largest absolute Gasteiger partial charge is 0.454 e. The summed E-state index contributed by atoms with van der Waals surface area (Å²) in [4.78, 5) is 0.156. The third-order valence-electron chi connectivity index (χ3n) is 3.50. The Morgan fingerprint density at radius 3 is 2.79 bits per heavy atom. The molecular weight excluding hydrogens is 354 g/mol. The van der Waals surface area contributed by atoms with Crippen LogP contribution in [-0.4, -0.2) is 27.3 Å². The van der Waals surface area contributed by atoms with Gasteiger partial charge in [0.1, 0.15) is 4.90 Å². The van der Waals surface area contributed by atoms with E-state index >= 15 is 0 Å². The predicted octanol–water partition coefficient (Wildman–Crippen LogP) is 2.14. The Labute approximate surface area is 142 Å². The summed E-state index contributed by atoms with van der Waals surface area (Å²) in [5, 5.41) is 4.46. The Kier molecular flexibility index (Phi) is 3.43. The van der Waals surface area contributed by atoms with Crippen LogP contribution < -0.4 is 14.9 Å². The number of sulfonamides is 1. The number of rotatable bonds is 2. The molecule has 4 rings (SSSR count). The van der Waals surface area contributed by atoms with Crippen LogP contribution in [-0.2, 0) is 10.0 Å². The van der Waals surface area contributed by atoms with E-state index in [9.17, 15) is 8.42 Å². The second kappa shape index (κ2) is 5.50. The number of hydrazone groups is 1. The second-order valence-corrected chi connectivity index (χ2v) is 6.99. The summed E-state index contributed by atoms with van der Waals surface area (Å²) in [7, 11) is -3.68. The molecule has 2 heterocycles. The molecule has 0 unspecified atom stereocenters. The highest BCUT2D eigenvalue weighted by molar-refractivity contribution is 7.90. The maximum atomic E-state index is 11.9. The molecule has 0 spiro atoms. The lowest BCUT2D eigenvalue weighted by molar-refractivity contribution is 0.174. The van der Waals surface area contributed by atoms with Gasteiger partial charge < -0.3 is 9.47 Å². The highest BCUT2D eigenvalue weighted by Gasteiger charge is 2.28. The summed E-state index contributed by atoms with van der Waals surface area (Å²) in [6, 6.07) is 9.87. The van der Waals surface area contributed by atoms with Crippen molar-refractivity contribution in [2.24, 2.45) is 9.50 Å². The lowest BCUT2D eigenvalue weighted by atomic mass is 10.2. The van der Waals surface area contributed by atoms with E-state index in [4.69, 9.17) is 21.1 Å². The Morgan fingerprint density at radius 2 is 1.96 bits per heavy atom. The molecule has 2 aromatic carbocycles. The third kappa shape index (κ3) is 2.49. The van der Waals surface area contributed by atoms with Crippen LogP contribution in [0, 0.1) is 0 Å². The van der Waals surface area contributed by atoms with Crippen molar-refractivity contribution in [2.45, 2.75) is 4.90 Å². The first kappa shape index (κ1) is 15.0. The monoisotopic (exact) mass is 363 g/mol. The van der Waals surface area contributed by atoms with E-state index in [-0.39, 0.29) is 17.5 Å². The molecular formula is C15H10ClN3O4S. The van der Waals surface area contributed by atoms with Crippen LogP contribution >= 0.6 is 11.6 Å². The highest BCUT2D eigenvalue weighted by Crippen LogP contribution is 2.36. The Balaban J connectivity index is 1.59. The van der Waals surface area contributed by atoms with Crippen molar-refractivity contribution in [3.05, 3.63) is 52.5 Å². The first-order chi connectivity index (χ1) is 11.5. The molecule has 0 aromatic heterocycles. The number of hydrogen-bond acceptors (Lipinski definition) is 6. The van der Waals surface area contributed by atoms with Crippen molar-refractivity contribution in [1.29, 1.82) is 0 Å². The SMILES string of the molecule is O=S1(=O)N=C(NN=Cc2cc3c(cc2Cl)OCO3)c2ccccc21. The Bertz CT molecular complexity index is 1000. The van der Waals surface area contributed by atoms with Crippen molar-refractivity contribution in [1.82, 2.24) is 5.43 Å². The van der Waals surface area contributed by atoms with Gasteiger partial charge in [-0.3, -0.25) is 5.43 Å². The molecule has 2 aromatic rings. The van der Waals surface area contributed by atoms with Crippen LogP contribution in [0.2, 0.25) is 5.02 Å². The van der Waals surface area contributed by atoms with Gasteiger partial charge in [0.15, 0.2) is 17.3 Å². The maximum absolute atomic E-state index is 11.9. The number of amidine groups is 1. The zero-order chi connectivity index (χ0) is 16.7. The molecule has 9 heteroatoms. The van der Waals surface area contributed by atoms with Crippen molar-refractivity contribution in [3.63, 3.8) is 0 Å². The number of fused-ring (bicyclic) bond motifs is 2. The average Bonchev–Trinajstić information content (AvgIpc) is 3.10. The van der Waals surface area contributed by atoms with Crippen LogP contribution in [0.25, 0.3) is 0 Å². The fourth-order valence-corrected chi connectivity index (χ4v) is 3.75. The molecule has 7 nitrogen and oxygen atoms in total. The van der Waals surface area contributed by atoms with Gasteiger partial charge in [0.2, 0.25) is 6.79 Å². The molecule has 0 amide bonds. The Hall–Kier alpha value is -2.58. The van der Waals surface area contributed by atoms with Gasteiger partial charge in [-0.1, -0.05) is 23.7 Å². The fraction of sp³-hybridized carbons (Fsp3) is 0.0667. The third-order valence-corrected chi connectivity index (χ3v) is 5.16. The zero-order valence-corrected chi connectivity index (χ0v) is 13.6. The number of hydrogen-bond donors (Lipinski definition) is 1. The number of nitrogens with one attached hydrogen (secondary N) is 1.